The molecule has 0 radical (unpaired) electrons. The standard InChI is InChI=1S/C8H13N3O4S/c1-5(8(12)13)11(3)16(14,15)7-4-9-6(2)10-7/h4-5H,1-3H3,(H,9,10)(H,12,13). The van der Waals surface area contributed by atoms with Gasteiger partial charge < -0.3 is 10.1 Å². The van der Waals surface area contributed by atoms with Crippen LogP contribution in [-0.4, -0.2) is 46.9 Å². The van der Waals surface area contributed by atoms with Gasteiger partial charge in [0.25, 0.3) is 10.0 Å². The predicted molar refractivity (Wildman–Crippen MR) is 55.4 cm³/mol. The molecule has 0 aliphatic rings. The second kappa shape index (κ2) is 4.22. The van der Waals surface area contributed by atoms with Crippen molar-refractivity contribution in [2.45, 2.75) is 24.9 Å². The second-order valence-electron chi connectivity index (χ2n) is 3.37. The molecule has 0 saturated carbocycles. The van der Waals surface area contributed by atoms with Crippen LogP contribution in [-0.2, 0) is 14.8 Å². The molecule has 1 rings (SSSR count). The van der Waals surface area contributed by atoms with Crippen LogP contribution in [0.4, 0.5) is 0 Å². The number of nitrogens with one attached hydrogen (secondary N) is 1. The van der Waals surface area contributed by atoms with Crippen LogP contribution in [0.3, 0.4) is 0 Å². The van der Waals surface area contributed by atoms with Gasteiger partial charge in [-0.3, -0.25) is 4.79 Å². The Kier molecular flexibility index (Phi) is 3.34. The van der Waals surface area contributed by atoms with E-state index < -0.39 is 22.0 Å². The molecule has 2 N–H and O–H groups in total. The minimum Gasteiger partial charge on any atom is -0.480 e. The summed E-state index contributed by atoms with van der Waals surface area (Å²) in [5.74, 6) is -0.753. The highest BCUT2D eigenvalue weighted by atomic mass is 32.2. The van der Waals surface area contributed by atoms with Gasteiger partial charge in [-0.05, 0) is 13.8 Å². The fourth-order valence-electron chi connectivity index (χ4n) is 1.05. The van der Waals surface area contributed by atoms with Crippen molar-refractivity contribution >= 4 is 16.0 Å². The van der Waals surface area contributed by atoms with E-state index in [4.69, 9.17) is 5.11 Å². The topological polar surface area (TPSA) is 103 Å². The van der Waals surface area contributed by atoms with Crippen LogP contribution >= 0.6 is 0 Å². The Morgan fingerprint density at radius 1 is 1.62 bits per heavy atom. The summed E-state index contributed by atoms with van der Waals surface area (Å²) in [5, 5.41) is 8.63. The lowest BCUT2D eigenvalue weighted by atomic mass is 10.4. The van der Waals surface area contributed by atoms with Gasteiger partial charge in [0.05, 0.1) is 6.20 Å². The van der Waals surface area contributed by atoms with E-state index in [-0.39, 0.29) is 5.03 Å². The number of imidazole rings is 1. The maximum atomic E-state index is 11.9. The number of carboxylic acids is 1. The molecular weight excluding hydrogens is 234 g/mol. The number of sulfonamides is 1. The van der Waals surface area contributed by atoms with E-state index in [1.807, 2.05) is 0 Å². The first kappa shape index (κ1) is 12.7. The quantitative estimate of drug-likeness (QED) is 0.767. The number of aryl methyl sites for hydroxylation is 1. The average molecular weight is 247 g/mol. The molecule has 8 heteroatoms. The summed E-state index contributed by atoms with van der Waals surface area (Å²) in [6.07, 6.45) is 1.16. The number of nitrogens with zero attached hydrogens (tertiary/aromatic N) is 2. The van der Waals surface area contributed by atoms with Gasteiger partial charge in [0, 0.05) is 7.05 Å². The molecule has 7 nitrogen and oxygen atoms in total. The minimum atomic E-state index is -3.83. The first-order valence-electron chi connectivity index (χ1n) is 4.49. The third-order valence-corrected chi connectivity index (χ3v) is 4.08. The van der Waals surface area contributed by atoms with Gasteiger partial charge >= 0.3 is 5.97 Å². The first-order chi connectivity index (χ1) is 7.26. The number of hydrogen-bond donors (Lipinski definition) is 2. The van der Waals surface area contributed by atoms with E-state index in [9.17, 15) is 13.2 Å². The van der Waals surface area contributed by atoms with Crippen molar-refractivity contribution in [3.8, 4) is 0 Å². The predicted octanol–water partition coefficient (Wildman–Crippen LogP) is -0.188. The van der Waals surface area contributed by atoms with Gasteiger partial charge in [-0.15, -0.1) is 0 Å². The van der Waals surface area contributed by atoms with Crippen molar-refractivity contribution in [2.75, 3.05) is 7.05 Å². The Balaban J connectivity index is 3.08. The van der Waals surface area contributed by atoms with Gasteiger partial charge in [-0.1, -0.05) is 0 Å². The van der Waals surface area contributed by atoms with E-state index in [2.05, 4.69) is 9.97 Å². The van der Waals surface area contributed by atoms with E-state index in [0.717, 1.165) is 10.5 Å². The van der Waals surface area contributed by atoms with Crippen LogP contribution < -0.4 is 0 Å². The zero-order valence-electron chi connectivity index (χ0n) is 9.13. The summed E-state index contributed by atoms with van der Waals surface area (Å²) in [4.78, 5) is 17.0. The molecule has 0 saturated heterocycles. The fourth-order valence-corrected chi connectivity index (χ4v) is 2.33. The number of carboxylic acid groups (broad SMARTS) is 1. The molecule has 16 heavy (non-hydrogen) atoms. The maximum absolute atomic E-state index is 11.9. The number of aromatic amines is 1. The summed E-state index contributed by atoms with van der Waals surface area (Å²) >= 11 is 0. The lowest BCUT2D eigenvalue weighted by Crippen LogP contribution is -2.40. The molecule has 0 spiro atoms. The largest absolute Gasteiger partial charge is 0.480 e. The van der Waals surface area contributed by atoms with Crippen LogP contribution in [0.15, 0.2) is 11.2 Å². The summed E-state index contributed by atoms with van der Waals surface area (Å²) in [5.41, 5.74) is 0. The number of aliphatic carboxylic acids is 1. The van der Waals surface area contributed by atoms with Gasteiger partial charge in [-0.25, -0.2) is 13.4 Å². The Bertz CT molecular complexity index is 493. The van der Waals surface area contributed by atoms with Crippen molar-refractivity contribution in [1.82, 2.24) is 14.3 Å². The third kappa shape index (κ3) is 2.22. The molecule has 0 bridgehead atoms. The number of carbonyl (C=O) groups is 1. The minimum absolute atomic E-state index is 0.111. The summed E-state index contributed by atoms with van der Waals surface area (Å²) in [7, 11) is -2.62. The molecule has 1 unspecified atom stereocenters. The second-order valence-corrected chi connectivity index (χ2v) is 5.33. The van der Waals surface area contributed by atoms with Crippen LogP contribution in [0.1, 0.15) is 12.7 Å². The zero-order chi connectivity index (χ0) is 12.5. The molecular formula is C8H13N3O4S. The van der Waals surface area contributed by atoms with Crippen LogP contribution in [0.5, 0.6) is 0 Å². The smallest absolute Gasteiger partial charge is 0.321 e. The van der Waals surface area contributed by atoms with Crippen LogP contribution in [0.25, 0.3) is 0 Å². The Morgan fingerprint density at radius 2 is 2.19 bits per heavy atom. The number of likely N-dealkylation sites (N-methyl/N-ethyl adjacent to an activating group) is 1. The van der Waals surface area contributed by atoms with Crippen LogP contribution in [0, 0.1) is 6.92 Å². The van der Waals surface area contributed by atoms with Gasteiger partial charge in [0.15, 0.2) is 5.03 Å². The maximum Gasteiger partial charge on any atom is 0.321 e. The van der Waals surface area contributed by atoms with E-state index >= 15 is 0 Å². The van der Waals surface area contributed by atoms with Gasteiger partial charge in [0.2, 0.25) is 0 Å². The van der Waals surface area contributed by atoms with Gasteiger partial charge in [-0.2, -0.15) is 4.31 Å². The monoisotopic (exact) mass is 247 g/mol. The Morgan fingerprint density at radius 3 is 2.56 bits per heavy atom. The molecule has 0 fully saturated rings. The lowest BCUT2D eigenvalue weighted by Gasteiger charge is -2.19. The number of H-pyrrole nitrogens is 1. The highest BCUT2D eigenvalue weighted by molar-refractivity contribution is 7.89. The van der Waals surface area contributed by atoms with Crippen molar-refractivity contribution < 1.29 is 18.3 Å². The van der Waals surface area contributed by atoms with Crippen molar-refractivity contribution in [1.29, 1.82) is 0 Å². The van der Waals surface area contributed by atoms with Crippen molar-refractivity contribution in [3.63, 3.8) is 0 Å². The molecule has 0 aliphatic heterocycles. The fraction of sp³-hybridized carbons (Fsp3) is 0.500. The molecule has 0 aromatic carbocycles. The molecule has 0 amide bonds. The molecule has 90 valence electrons. The van der Waals surface area contributed by atoms with E-state index in [0.29, 0.717) is 5.82 Å². The number of hydrogen-bond acceptors (Lipinski definition) is 4. The first-order valence-corrected chi connectivity index (χ1v) is 5.93. The van der Waals surface area contributed by atoms with E-state index in [1.165, 1.54) is 14.0 Å². The van der Waals surface area contributed by atoms with Crippen molar-refractivity contribution in [2.24, 2.45) is 0 Å². The van der Waals surface area contributed by atoms with Gasteiger partial charge in [0.1, 0.15) is 11.9 Å². The molecule has 1 aromatic rings. The SMILES string of the molecule is Cc1ncc(S(=O)(=O)N(C)C(C)C(=O)O)[nH]1. The third-order valence-electron chi connectivity index (χ3n) is 2.24. The zero-order valence-corrected chi connectivity index (χ0v) is 9.95. The van der Waals surface area contributed by atoms with Crippen molar-refractivity contribution in [3.05, 3.63) is 12.0 Å². The normalized spacial score (nSPS) is 14.0. The average Bonchev–Trinajstić information content (AvgIpc) is 2.62. The summed E-state index contributed by atoms with van der Waals surface area (Å²) in [6.45, 7) is 2.91. The molecule has 1 atom stereocenters. The Hall–Kier alpha value is -1.41. The van der Waals surface area contributed by atoms with Crippen LogP contribution in [0.2, 0.25) is 0 Å². The van der Waals surface area contributed by atoms with E-state index in [1.54, 1.807) is 6.92 Å². The lowest BCUT2D eigenvalue weighted by molar-refractivity contribution is -0.140. The highest BCUT2D eigenvalue weighted by Crippen LogP contribution is 2.14. The molecule has 0 aliphatic carbocycles. The summed E-state index contributed by atoms with van der Waals surface area (Å²) in [6, 6.07) is -1.13. The Labute approximate surface area is 93.2 Å². The number of aromatic nitrogens is 2. The molecule has 1 heterocycles. The summed E-state index contributed by atoms with van der Waals surface area (Å²) < 4.78 is 24.5. The highest BCUT2D eigenvalue weighted by Gasteiger charge is 2.30. The molecule has 1 aromatic heterocycles. The number of rotatable bonds is 4.